The lowest BCUT2D eigenvalue weighted by Gasteiger charge is -2.16. The number of aromatic amines is 1. The van der Waals surface area contributed by atoms with Crippen LogP contribution >= 0.6 is 27.5 Å². The molecule has 7 heteroatoms. The number of anilines is 1. The molecule has 4 rings (SSSR count). The van der Waals surface area contributed by atoms with E-state index in [1.165, 1.54) is 0 Å². The zero-order valence-corrected chi connectivity index (χ0v) is 17.5. The minimum Gasteiger partial charge on any atom is -0.353 e. The molecule has 0 bridgehead atoms. The maximum Gasteiger partial charge on any atom is 0.224 e. The van der Waals surface area contributed by atoms with Gasteiger partial charge in [0.25, 0.3) is 0 Å². The van der Waals surface area contributed by atoms with Crippen LogP contribution in [0, 0.1) is 0 Å². The van der Waals surface area contributed by atoms with Crippen molar-refractivity contribution in [2.24, 2.45) is 0 Å². The van der Waals surface area contributed by atoms with Gasteiger partial charge in [0.15, 0.2) is 5.82 Å². The molecule has 1 saturated heterocycles. The van der Waals surface area contributed by atoms with Crippen LogP contribution in [-0.2, 0) is 11.2 Å². The van der Waals surface area contributed by atoms with Crippen LogP contribution in [0.1, 0.15) is 12.0 Å². The minimum absolute atomic E-state index is 0.0441. The lowest BCUT2D eigenvalue weighted by Crippen LogP contribution is -2.38. The van der Waals surface area contributed by atoms with E-state index in [1.807, 2.05) is 54.6 Å². The number of hydrogen-bond acceptors (Lipinski definition) is 3. The Hall–Kier alpha value is -2.31. The fourth-order valence-electron chi connectivity index (χ4n) is 3.43. The maximum atomic E-state index is 12.4. The molecule has 0 unspecified atom stereocenters. The van der Waals surface area contributed by atoms with Crippen LogP contribution in [0.5, 0.6) is 0 Å². The highest BCUT2D eigenvalue weighted by molar-refractivity contribution is 9.10. The summed E-state index contributed by atoms with van der Waals surface area (Å²) in [7, 11) is 0. The molecule has 1 aliphatic heterocycles. The number of hydrogen-bond donors (Lipinski definition) is 2. The first-order valence-corrected chi connectivity index (χ1v) is 10.3. The van der Waals surface area contributed by atoms with E-state index in [2.05, 4.69) is 36.3 Å². The van der Waals surface area contributed by atoms with Gasteiger partial charge in [0.2, 0.25) is 5.91 Å². The number of carbonyl (C=O) groups is 1. The van der Waals surface area contributed by atoms with Crippen molar-refractivity contribution in [3.8, 4) is 11.3 Å². The molecule has 2 heterocycles. The lowest BCUT2D eigenvalue weighted by atomic mass is 10.1. The summed E-state index contributed by atoms with van der Waals surface area (Å²) in [6.07, 6.45) is 1.28. The van der Waals surface area contributed by atoms with Crippen molar-refractivity contribution in [2.45, 2.75) is 18.9 Å². The van der Waals surface area contributed by atoms with Gasteiger partial charge in [-0.05, 0) is 35.7 Å². The van der Waals surface area contributed by atoms with Crippen LogP contribution in [0.3, 0.4) is 0 Å². The number of nitrogens with one attached hydrogen (secondary N) is 2. The number of halogens is 2. The van der Waals surface area contributed by atoms with Crippen molar-refractivity contribution in [1.82, 2.24) is 15.5 Å². The number of H-pyrrole nitrogens is 1. The van der Waals surface area contributed by atoms with Gasteiger partial charge in [-0.1, -0.05) is 57.9 Å². The number of carbonyl (C=O) groups excluding carboxylic acids is 1. The van der Waals surface area contributed by atoms with Crippen molar-refractivity contribution in [3.63, 3.8) is 0 Å². The SMILES string of the molecule is O=C(Cc1ccccc1Br)N[C@H]1CCN(c2cc(-c3ccc(Cl)cc3)[nH]n2)C1. The molecule has 1 aliphatic rings. The first-order valence-electron chi connectivity index (χ1n) is 9.17. The van der Waals surface area contributed by atoms with Gasteiger partial charge in [-0.25, -0.2) is 0 Å². The van der Waals surface area contributed by atoms with Crippen molar-refractivity contribution < 1.29 is 4.79 Å². The molecule has 1 fully saturated rings. The quantitative estimate of drug-likeness (QED) is 0.593. The van der Waals surface area contributed by atoms with Gasteiger partial charge < -0.3 is 10.2 Å². The molecule has 1 aromatic heterocycles. The van der Waals surface area contributed by atoms with E-state index in [0.717, 1.165) is 46.6 Å². The van der Waals surface area contributed by atoms with E-state index in [4.69, 9.17) is 11.6 Å². The van der Waals surface area contributed by atoms with Crippen molar-refractivity contribution >= 4 is 39.3 Å². The van der Waals surface area contributed by atoms with E-state index < -0.39 is 0 Å². The molecule has 1 atom stereocenters. The van der Waals surface area contributed by atoms with Gasteiger partial charge in [-0.15, -0.1) is 0 Å². The summed E-state index contributed by atoms with van der Waals surface area (Å²) in [5.74, 6) is 0.940. The molecular weight excluding hydrogens is 440 g/mol. The number of amides is 1. The van der Waals surface area contributed by atoms with Crippen LogP contribution in [0.15, 0.2) is 59.1 Å². The van der Waals surface area contributed by atoms with Crippen LogP contribution in [0.2, 0.25) is 5.02 Å². The molecule has 1 amide bonds. The Morgan fingerprint density at radius 1 is 1.25 bits per heavy atom. The van der Waals surface area contributed by atoms with E-state index in [-0.39, 0.29) is 11.9 Å². The zero-order chi connectivity index (χ0) is 19.5. The van der Waals surface area contributed by atoms with E-state index in [0.29, 0.717) is 11.4 Å². The maximum absolute atomic E-state index is 12.4. The Morgan fingerprint density at radius 3 is 2.82 bits per heavy atom. The topological polar surface area (TPSA) is 61.0 Å². The molecule has 3 aromatic rings. The summed E-state index contributed by atoms with van der Waals surface area (Å²) < 4.78 is 0.962. The first kappa shape index (κ1) is 19.0. The molecular formula is C21H20BrClN4O. The molecule has 0 saturated carbocycles. The summed E-state index contributed by atoms with van der Waals surface area (Å²) in [6.45, 7) is 1.62. The Bertz CT molecular complexity index is 973. The fraction of sp³-hybridized carbons (Fsp3) is 0.238. The van der Waals surface area contributed by atoms with Crippen LogP contribution < -0.4 is 10.2 Å². The number of benzene rings is 2. The highest BCUT2D eigenvalue weighted by atomic mass is 79.9. The highest BCUT2D eigenvalue weighted by Gasteiger charge is 2.25. The van der Waals surface area contributed by atoms with E-state index in [1.54, 1.807) is 0 Å². The summed E-state index contributed by atoms with van der Waals surface area (Å²) in [5, 5.41) is 11.4. The molecule has 28 heavy (non-hydrogen) atoms. The molecule has 2 N–H and O–H groups in total. The predicted octanol–water partition coefficient (Wildman–Crippen LogP) is 4.43. The predicted molar refractivity (Wildman–Crippen MR) is 116 cm³/mol. The van der Waals surface area contributed by atoms with Crippen molar-refractivity contribution in [2.75, 3.05) is 18.0 Å². The monoisotopic (exact) mass is 458 g/mol. The molecule has 5 nitrogen and oxygen atoms in total. The largest absolute Gasteiger partial charge is 0.353 e. The molecule has 0 radical (unpaired) electrons. The third-order valence-electron chi connectivity index (χ3n) is 4.91. The first-order chi connectivity index (χ1) is 13.6. The average Bonchev–Trinajstić information content (AvgIpc) is 3.34. The van der Waals surface area contributed by atoms with Crippen LogP contribution in [0.25, 0.3) is 11.3 Å². The summed E-state index contributed by atoms with van der Waals surface area (Å²) in [5.41, 5.74) is 2.99. The molecule has 0 spiro atoms. The van der Waals surface area contributed by atoms with Gasteiger partial charge in [-0.2, -0.15) is 5.10 Å². The van der Waals surface area contributed by atoms with Crippen molar-refractivity contribution in [3.05, 3.63) is 69.7 Å². The minimum atomic E-state index is 0.0441. The molecule has 2 aromatic carbocycles. The van der Waals surface area contributed by atoms with Gasteiger partial charge in [-0.3, -0.25) is 9.89 Å². The third-order valence-corrected chi connectivity index (χ3v) is 5.93. The van der Waals surface area contributed by atoms with Crippen LogP contribution in [0.4, 0.5) is 5.82 Å². The second kappa shape index (κ2) is 8.37. The molecule has 144 valence electrons. The smallest absolute Gasteiger partial charge is 0.224 e. The van der Waals surface area contributed by atoms with Gasteiger partial charge in [0, 0.05) is 34.7 Å². The Balaban J connectivity index is 1.35. The second-order valence-electron chi connectivity index (χ2n) is 6.91. The highest BCUT2D eigenvalue weighted by Crippen LogP contribution is 2.25. The van der Waals surface area contributed by atoms with Gasteiger partial charge in [0.1, 0.15) is 0 Å². The number of nitrogens with zero attached hydrogens (tertiary/aromatic N) is 2. The van der Waals surface area contributed by atoms with Gasteiger partial charge in [0.05, 0.1) is 12.1 Å². The lowest BCUT2D eigenvalue weighted by molar-refractivity contribution is -0.121. The zero-order valence-electron chi connectivity index (χ0n) is 15.2. The Kier molecular flexibility index (Phi) is 5.69. The Labute approximate surface area is 177 Å². The average molecular weight is 460 g/mol. The van der Waals surface area contributed by atoms with Crippen molar-refractivity contribution in [1.29, 1.82) is 0 Å². The third kappa shape index (κ3) is 4.39. The Morgan fingerprint density at radius 2 is 2.04 bits per heavy atom. The number of aromatic nitrogens is 2. The number of rotatable bonds is 5. The standard InChI is InChI=1S/C21H20BrClN4O/c22-18-4-2-1-3-15(18)11-21(28)24-17-9-10-27(13-17)20-12-19(25-26-20)14-5-7-16(23)8-6-14/h1-8,12,17H,9-11,13H2,(H,24,28)(H,25,26)/t17-/m0/s1. The fourth-order valence-corrected chi connectivity index (χ4v) is 3.98. The molecule has 0 aliphatic carbocycles. The summed E-state index contributed by atoms with van der Waals surface area (Å²) in [6, 6.07) is 17.6. The second-order valence-corrected chi connectivity index (χ2v) is 8.20. The van der Waals surface area contributed by atoms with Gasteiger partial charge >= 0.3 is 0 Å². The summed E-state index contributed by atoms with van der Waals surface area (Å²) >= 11 is 9.45. The normalized spacial score (nSPS) is 16.4. The van der Waals surface area contributed by atoms with E-state index >= 15 is 0 Å². The van der Waals surface area contributed by atoms with E-state index in [9.17, 15) is 4.79 Å². The van der Waals surface area contributed by atoms with Crippen LogP contribution in [-0.4, -0.2) is 35.2 Å². The summed E-state index contributed by atoms with van der Waals surface area (Å²) in [4.78, 5) is 14.6.